The predicted octanol–water partition coefficient (Wildman–Crippen LogP) is 3.89. The fourth-order valence-electron chi connectivity index (χ4n) is 1.71. The van der Waals surface area contributed by atoms with Gasteiger partial charge in [-0.25, -0.2) is 0 Å². The number of nitrogens with two attached hydrogens (primary N) is 1. The fourth-order valence-corrected chi connectivity index (χ4v) is 2.66. The second-order valence-corrected chi connectivity index (χ2v) is 4.60. The highest BCUT2D eigenvalue weighted by molar-refractivity contribution is 7.99. The lowest BCUT2D eigenvalue weighted by Gasteiger charge is -2.11. The highest BCUT2D eigenvalue weighted by atomic mass is 32.2. The summed E-state index contributed by atoms with van der Waals surface area (Å²) in [4.78, 5) is 1.19. The van der Waals surface area contributed by atoms with E-state index in [4.69, 9.17) is 5.73 Å². The lowest BCUT2D eigenvalue weighted by molar-refractivity contribution is 1.40. The van der Waals surface area contributed by atoms with Crippen molar-refractivity contribution in [2.45, 2.75) is 11.8 Å². The highest BCUT2D eigenvalue weighted by Crippen LogP contribution is 2.34. The number of allylic oxidation sites excluding steroid dienone is 5. The molecule has 0 aromatic heterocycles. The molecule has 1 heterocycles. The Labute approximate surface area is 101 Å². The molecule has 1 aromatic rings. The smallest absolute Gasteiger partial charge is 0.0458 e. The molecule has 2 N–H and O–H groups in total. The summed E-state index contributed by atoms with van der Waals surface area (Å²) in [6.07, 6.45) is 10.6. The summed E-state index contributed by atoms with van der Waals surface area (Å²) in [6.45, 7) is 2.05. The minimum Gasteiger partial charge on any atom is -0.398 e. The SMILES string of the molecule is C\C=C1/C=C\C=C/CSc2c(N)cccc21. The molecule has 1 nitrogen and oxygen atoms in total. The van der Waals surface area contributed by atoms with Gasteiger partial charge in [-0.2, -0.15) is 0 Å². The summed E-state index contributed by atoms with van der Waals surface area (Å²) in [5.41, 5.74) is 9.35. The van der Waals surface area contributed by atoms with Crippen LogP contribution in [0.3, 0.4) is 0 Å². The second-order valence-electron chi connectivity index (χ2n) is 3.57. The van der Waals surface area contributed by atoms with Crippen molar-refractivity contribution in [1.29, 1.82) is 0 Å². The average molecular weight is 229 g/mol. The molecular weight excluding hydrogens is 214 g/mol. The summed E-state index contributed by atoms with van der Waals surface area (Å²) in [5.74, 6) is 0.961. The van der Waals surface area contributed by atoms with E-state index < -0.39 is 0 Å². The number of hydrogen-bond acceptors (Lipinski definition) is 2. The van der Waals surface area contributed by atoms with E-state index >= 15 is 0 Å². The molecule has 1 aliphatic heterocycles. The van der Waals surface area contributed by atoms with Gasteiger partial charge < -0.3 is 5.73 Å². The van der Waals surface area contributed by atoms with E-state index in [0.29, 0.717) is 0 Å². The Balaban J connectivity index is 2.58. The summed E-state index contributed by atoms with van der Waals surface area (Å²) in [7, 11) is 0. The lowest BCUT2D eigenvalue weighted by Crippen LogP contribution is -1.93. The van der Waals surface area contributed by atoms with Crippen LogP contribution in [-0.2, 0) is 0 Å². The van der Waals surface area contributed by atoms with Crippen molar-refractivity contribution in [3.63, 3.8) is 0 Å². The quantitative estimate of drug-likeness (QED) is 0.683. The van der Waals surface area contributed by atoms with E-state index in [0.717, 1.165) is 11.4 Å². The van der Waals surface area contributed by atoms with Crippen LogP contribution in [0.25, 0.3) is 5.57 Å². The average Bonchev–Trinajstić information content (AvgIpc) is 2.39. The molecule has 82 valence electrons. The first-order valence-corrected chi connectivity index (χ1v) is 6.32. The van der Waals surface area contributed by atoms with Gasteiger partial charge in [-0.15, -0.1) is 11.8 Å². The van der Waals surface area contributed by atoms with Gasteiger partial charge in [0.15, 0.2) is 0 Å². The Kier molecular flexibility index (Phi) is 3.52. The highest BCUT2D eigenvalue weighted by Gasteiger charge is 2.09. The molecule has 0 amide bonds. The van der Waals surface area contributed by atoms with Crippen molar-refractivity contribution < 1.29 is 0 Å². The molecule has 1 aromatic carbocycles. The number of hydrogen-bond donors (Lipinski definition) is 1. The van der Waals surface area contributed by atoms with Gasteiger partial charge in [0.05, 0.1) is 0 Å². The third kappa shape index (κ3) is 2.22. The van der Waals surface area contributed by atoms with E-state index in [1.807, 2.05) is 12.1 Å². The van der Waals surface area contributed by atoms with Gasteiger partial charge in [0.1, 0.15) is 0 Å². The van der Waals surface area contributed by atoms with Crippen LogP contribution in [0, 0.1) is 0 Å². The zero-order valence-corrected chi connectivity index (χ0v) is 10.1. The largest absolute Gasteiger partial charge is 0.398 e. The summed E-state index contributed by atoms with van der Waals surface area (Å²) >= 11 is 1.79. The Bertz CT molecular complexity index is 470. The van der Waals surface area contributed by atoms with Crippen molar-refractivity contribution in [1.82, 2.24) is 0 Å². The summed E-state index contributed by atoms with van der Waals surface area (Å²) in [5, 5.41) is 0. The molecule has 2 rings (SSSR count). The van der Waals surface area contributed by atoms with Crippen LogP contribution in [0.1, 0.15) is 12.5 Å². The molecule has 0 saturated heterocycles. The number of thioether (sulfide) groups is 1. The van der Waals surface area contributed by atoms with Crippen molar-refractivity contribution >= 4 is 23.0 Å². The van der Waals surface area contributed by atoms with Crippen LogP contribution < -0.4 is 5.73 Å². The van der Waals surface area contributed by atoms with Gasteiger partial charge in [-0.1, -0.05) is 42.5 Å². The van der Waals surface area contributed by atoms with E-state index in [1.165, 1.54) is 16.0 Å². The molecule has 0 fully saturated rings. The molecule has 0 aliphatic carbocycles. The molecule has 0 spiro atoms. The Morgan fingerprint density at radius 3 is 3.00 bits per heavy atom. The number of benzene rings is 1. The first kappa shape index (κ1) is 11.1. The number of anilines is 1. The molecule has 1 aliphatic rings. The second kappa shape index (κ2) is 5.08. The van der Waals surface area contributed by atoms with Crippen LogP contribution in [0.15, 0.2) is 53.5 Å². The zero-order chi connectivity index (χ0) is 11.4. The summed E-state index contributed by atoms with van der Waals surface area (Å²) < 4.78 is 0. The number of fused-ring (bicyclic) bond motifs is 1. The van der Waals surface area contributed by atoms with Gasteiger partial charge in [0.2, 0.25) is 0 Å². The molecule has 0 unspecified atom stereocenters. The number of rotatable bonds is 0. The standard InChI is InChI=1S/C14H15NS/c1-2-11-7-4-3-5-10-16-14-12(11)8-6-9-13(14)15/h2-9H,10,15H2,1H3/b5-3-,7-4-,11-2+. The molecule has 2 heteroatoms. The Morgan fingerprint density at radius 1 is 1.31 bits per heavy atom. The monoisotopic (exact) mass is 229 g/mol. The van der Waals surface area contributed by atoms with Gasteiger partial charge in [-0.05, 0) is 24.1 Å². The van der Waals surface area contributed by atoms with Gasteiger partial charge in [0.25, 0.3) is 0 Å². The van der Waals surface area contributed by atoms with E-state index in [9.17, 15) is 0 Å². The van der Waals surface area contributed by atoms with Gasteiger partial charge >= 0.3 is 0 Å². The topological polar surface area (TPSA) is 26.0 Å². The first-order valence-electron chi connectivity index (χ1n) is 5.34. The normalized spacial score (nSPS) is 21.7. The molecule has 0 radical (unpaired) electrons. The van der Waals surface area contributed by atoms with Crippen molar-refractivity contribution in [3.8, 4) is 0 Å². The molecule has 0 atom stereocenters. The van der Waals surface area contributed by atoms with Crippen LogP contribution in [0.5, 0.6) is 0 Å². The maximum atomic E-state index is 6.03. The van der Waals surface area contributed by atoms with Gasteiger partial charge in [-0.3, -0.25) is 0 Å². The van der Waals surface area contributed by atoms with Crippen molar-refractivity contribution in [2.75, 3.05) is 11.5 Å². The molecule has 16 heavy (non-hydrogen) atoms. The van der Waals surface area contributed by atoms with Crippen LogP contribution in [-0.4, -0.2) is 5.75 Å². The van der Waals surface area contributed by atoms with E-state index in [2.05, 4.69) is 43.4 Å². The van der Waals surface area contributed by atoms with Crippen molar-refractivity contribution in [2.24, 2.45) is 0 Å². The first-order chi connectivity index (χ1) is 7.83. The minimum atomic E-state index is 0.866. The maximum Gasteiger partial charge on any atom is 0.0458 e. The van der Waals surface area contributed by atoms with Crippen molar-refractivity contribution in [3.05, 3.63) is 54.1 Å². The fraction of sp³-hybridized carbons (Fsp3) is 0.143. The Morgan fingerprint density at radius 2 is 2.19 bits per heavy atom. The van der Waals surface area contributed by atoms with E-state index in [-0.39, 0.29) is 0 Å². The van der Waals surface area contributed by atoms with Gasteiger partial charge in [0, 0.05) is 16.3 Å². The lowest BCUT2D eigenvalue weighted by atomic mass is 10.0. The molecular formula is C14H15NS. The predicted molar refractivity (Wildman–Crippen MR) is 73.5 cm³/mol. The third-order valence-corrected chi connectivity index (χ3v) is 3.62. The Hall–Kier alpha value is -1.41. The zero-order valence-electron chi connectivity index (χ0n) is 9.31. The minimum absolute atomic E-state index is 0.866. The summed E-state index contributed by atoms with van der Waals surface area (Å²) in [6, 6.07) is 6.10. The van der Waals surface area contributed by atoms with Crippen LogP contribution in [0.2, 0.25) is 0 Å². The molecule has 0 bridgehead atoms. The molecule has 0 saturated carbocycles. The van der Waals surface area contributed by atoms with Crippen LogP contribution in [0.4, 0.5) is 5.69 Å². The number of nitrogen functional groups attached to an aromatic ring is 1. The third-order valence-electron chi connectivity index (χ3n) is 2.51. The van der Waals surface area contributed by atoms with Crippen LogP contribution >= 0.6 is 11.8 Å². The maximum absolute atomic E-state index is 6.03. The van der Waals surface area contributed by atoms with E-state index in [1.54, 1.807) is 11.8 Å².